The first kappa shape index (κ1) is 13.7. The normalized spacial score (nSPS) is 22.1. The molecule has 0 N–H and O–H groups in total. The van der Waals surface area contributed by atoms with E-state index in [9.17, 15) is 0 Å². The van der Waals surface area contributed by atoms with Crippen LogP contribution in [0.4, 0.5) is 0 Å². The molecule has 1 fully saturated rings. The van der Waals surface area contributed by atoms with Crippen molar-refractivity contribution in [3.05, 3.63) is 28.7 Å². The lowest BCUT2D eigenvalue weighted by atomic mass is 9.93. The Morgan fingerprint density at radius 3 is 3.00 bits per heavy atom. The van der Waals surface area contributed by atoms with Gasteiger partial charge in [0.25, 0.3) is 0 Å². The Hall–Kier alpha value is -0.710. The second-order valence-electron chi connectivity index (χ2n) is 5.73. The van der Waals surface area contributed by atoms with E-state index >= 15 is 0 Å². The van der Waals surface area contributed by atoms with Crippen molar-refractivity contribution < 1.29 is 4.74 Å². The molecule has 1 atom stereocenters. The van der Waals surface area contributed by atoms with E-state index in [0.717, 1.165) is 36.9 Å². The van der Waals surface area contributed by atoms with Gasteiger partial charge in [0, 0.05) is 30.4 Å². The van der Waals surface area contributed by atoms with Crippen molar-refractivity contribution in [2.45, 2.75) is 32.3 Å². The van der Waals surface area contributed by atoms with E-state index in [2.05, 4.69) is 37.6 Å². The maximum Gasteiger partial charge on any atom is 0.123 e. The molecular formula is C14H22N2OS. The van der Waals surface area contributed by atoms with Crippen LogP contribution in [0.2, 0.25) is 0 Å². The predicted molar refractivity (Wildman–Crippen MR) is 76.1 cm³/mol. The van der Waals surface area contributed by atoms with E-state index in [1.807, 2.05) is 6.08 Å². The van der Waals surface area contributed by atoms with Crippen molar-refractivity contribution in [3.8, 4) is 0 Å². The molecule has 0 aliphatic carbocycles. The summed E-state index contributed by atoms with van der Waals surface area (Å²) in [6.07, 6.45) is 2.07. The minimum Gasteiger partial charge on any atom is -0.368 e. The first-order valence-electron chi connectivity index (χ1n) is 6.41. The topological polar surface area (TPSA) is 25.4 Å². The molecule has 1 aromatic rings. The van der Waals surface area contributed by atoms with E-state index in [0.29, 0.717) is 0 Å². The fraction of sp³-hybridized carbons (Fsp3) is 0.643. The average Bonchev–Trinajstić information content (AvgIpc) is 2.78. The minimum absolute atomic E-state index is 0.115. The molecule has 0 radical (unpaired) electrons. The van der Waals surface area contributed by atoms with E-state index in [-0.39, 0.29) is 11.5 Å². The van der Waals surface area contributed by atoms with Crippen molar-refractivity contribution in [2.24, 2.45) is 0 Å². The van der Waals surface area contributed by atoms with Gasteiger partial charge in [-0.15, -0.1) is 17.9 Å². The van der Waals surface area contributed by atoms with Crippen LogP contribution in [-0.4, -0.2) is 36.1 Å². The number of morpholine rings is 1. The molecule has 1 aliphatic rings. The number of aromatic nitrogens is 1. The molecule has 0 unspecified atom stereocenters. The van der Waals surface area contributed by atoms with Gasteiger partial charge in [-0.05, 0) is 0 Å². The molecule has 0 bridgehead atoms. The first-order chi connectivity index (χ1) is 8.50. The van der Waals surface area contributed by atoms with Gasteiger partial charge in [-0.25, -0.2) is 4.98 Å². The Bertz CT molecular complexity index is 408. The Morgan fingerprint density at radius 1 is 1.61 bits per heavy atom. The molecule has 3 nitrogen and oxygen atoms in total. The van der Waals surface area contributed by atoms with Gasteiger partial charge in [0.2, 0.25) is 0 Å². The van der Waals surface area contributed by atoms with Crippen LogP contribution in [0.1, 0.15) is 37.6 Å². The molecule has 18 heavy (non-hydrogen) atoms. The monoisotopic (exact) mass is 266 g/mol. The van der Waals surface area contributed by atoms with Crippen LogP contribution in [0.25, 0.3) is 0 Å². The molecule has 1 saturated heterocycles. The summed E-state index contributed by atoms with van der Waals surface area (Å²) in [5.74, 6) is 0. The number of nitrogens with zero attached hydrogens (tertiary/aromatic N) is 2. The third-order valence-corrected chi connectivity index (χ3v) is 4.04. The standard InChI is InChI=1S/C14H22N2OS/c1-5-6-16-7-8-17-11(9-16)13-15-12(10-18-13)14(2,3)4/h5,10-11H,1,6-9H2,2-4H3/t11-/m0/s1. The highest BCUT2D eigenvalue weighted by atomic mass is 32.1. The van der Waals surface area contributed by atoms with Crippen LogP contribution < -0.4 is 0 Å². The number of ether oxygens (including phenoxy) is 1. The summed E-state index contributed by atoms with van der Waals surface area (Å²) in [5.41, 5.74) is 1.27. The number of rotatable bonds is 3. The highest BCUT2D eigenvalue weighted by Crippen LogP contribution is 2.29. The lowest BCUT2D eigenvalue weighted by Crippen LogP contribution is -2.38. The molecular weight excluding hydrogens is 244 g/mol. The largest absolute Gasteiger partial charge is 0.368 e. The molecule has 1 aliphatic heterocycles. The predicted octanol–water partition coefficient (Wildman–Crippen LogP) is 3.00. The van der Waals surface area contributed by atoms with Crippen molar-refractivity contribution in [1.29, 1.82) is 0 Å². The van der Waals surface area contributed by atoms with Crippen molar-refractivity contribution >= 4 is 11.3 Å². The Morgan fingerprint density at radius 2 is 2.39 bits per heavy atom. The summed E-state index contributed by atoms with van der Waals surface area (Å²) in [7, 11) is 0. The molecule has 100 valence electrons. The highest BCUT2D eigenvalue weighted by molar-refractivity contribution is 7.09. The summed E-state index contributed by atoms with van der Waals surface area (Å²) < 4.78 is 5.84. The van der Waals surface area contributed by atoms with E-state index < -0.39 is 0 Å². The maximum absolute atomic E-state index is 5.84. The zero-order valence-corrected chi connectivity index (χ0v) is 12.3. The summed E-state index contributed by atoms with van der Waals surface area (Å²) in [4.78, 5) is 7.10. The van der Waals surface area contributed by atoms with Crippen LogP contribution >= 0.6 is 11.3 Å². The van der Waals surface area contributed by atoms with Gasteiger partial charge in [-0.1, -0.05) is 26.8 Å². The lowest BCUT2D eigenvalue weighted by molar-refractivity contribution is -0.0262. The molecule has 1 aromatic heterocycles. The zero-order valence-electron chi connectivity index (χ0n) is 11.5. The Kier molecular flexibility index (Phi) is 4.20. The van der Waals surface area contributed by atoms with Crippen molar-refractivity contribution in [1.82, 2.24) is 9.88 Å². The van der Waals surface area contributed by atoms with Crippen molar-refractivity contribution in [3.63, 3.8) is 0 Å². The van der Waals surface area contributed by atoms with Crippen molar-refractivity contribution in [2.75, 3.05) is 26.2 Å². The van der Waals surface area contributed by atoms with E-state index in [4.69, 9.17) is 9.72 Å². The lowest BCUT2D eigenvalue weighted by Gasteiger charge is -2.31. The fourth-order valence-electron chi connectivity index (χ4n) is 1.98. The second kappa shape index (κ2) is 5.51. The second-order valence-corrected chi connectivity index (χ2v) is 6.62. The SMILES string of the molecule is C=CCN1CCO[C@H](c2nc(C(C)(C)C)cs2)C1. The number of thiazole rings is 1. The molecule has 0 saturated carbocycles. The molecule has 2 rings (SSSR count). The molecule has 2 heterocycles. The summed E-state index contributed by atoms with van der Waals surface area (Å²) in [5, 5.41) is 3.26. The quantitative estimate of drug-likeness (QED) is 0.786. The number of hydrogen-bond acceptors (Lipinski definition) is 4. The third kappa shape index (κ3) is 3.19. The molecule has 0 spiro atoms. The smallest absolute Gasteiger partial charge is 0.123 e. The molecule has 0 amide bonds. The fourth-order valence-corrected chi connectivity index (χ4v) is 3.06. The molecule has 0 aromatic carbocycles. The van der Waals surface area contributed by atoms with E-state index in [1.54, 1.807) is 11.3 Å². The van der Waals surface area contributed by atoms with Crippen LogP contribution in [0.3, 0.4) is 0 Å². The van der Waals surface area contributed by atoms with Gasteiger partial charge in [0.15, 0.2) is 0 Å². The van der Waals surface area contributed by atoms with E-state index in [1.165, 1.54) is 0 Å². The zero-order chi connectivity index (χ0) is 13.2. The number of hydrogen-bond donors (Lipinski definition) is 0. The van der Waals surface area contributed by atoms with Gasteiger partial charge >= 0.3 is 0 Å². The Labute approximate surface area is 113 Å². The van der Waals surface area contributed by atoms with Gasteiger partial charge in [-0.2, -0.15) is 0 Å². The summed E-state index contributed by atoms with van der Waals surface area (Å²) in [6.45, 7) is 14.0. The third-order valence-electron chi connectivity index (χ3n) is 3.10. The summed E-state index contributed by atoms with van der Waals surface area (Å²) in [6, 6.07) is 0. The Balaban J connectivity index is 2.07. The minimum atomic E-state index is 0.115. The van der Waals surface area contributed by atoms with Gasteiger partial charge < -0.3 is 4.74 Å². The van der Waals surface area contributed by atoms with Crippen LogP contribution in [0, 0.1) is 0 Å². The van der Waals surface area contributed by atoms with Gasteiger partial charge in [0.05, 0.1) is 12.3 Å². The van der Waals surface area contributed by atoms with Crippen LogP contribution in [0.15, 0.2) is 18.0 Å². The first-order valence-corrected chi connectivity index (χ1v) is 7.29. The van der Waals surface area contributed by atoms with Gasteiger partial charge in [0.1, 0.15) is 11.1 Å². The molecule has 4 heteroatoms. The van der Waals surface area contributed by atoms with Crippen LogP contribution in [0.5, 0.6) is 0 Å². The van der Waals surface area contributed by atoms with Gasteiger partial charge in [-0.3, -0.25) is 4.90 Å². The van der Waals surface area contributed by atoms with Crippen LogP contribution in [-0.2, 0) is 10.2 Å². The average molecular weight is 266 g/mol. The highest BCUT2D eigenvalue weighted by Gasteiger charge is 2.25. The summed E-state index contributed by atoms with van der Waals surface area (Å²) >= 11 is 1.71. The maximum atomic E-state index is 5.84.